The molecule has 1 saturated heterocycles. The Morgan fingerprint density at radius 2 is 1.90 bits per heavy atom. The zero-order valence-electron chi connectivity index (χ0n) is 24.0. The van der Waals surface area contributed by atoms with Gasteiger partial charge in [-0.1, -0.05) is 62.4 Å². The van der Waals surface area contributed by atoms with Crippen molar-refractivity contribution in [2.45, 2.75) is 71.1 Å². The lowest BCUT2D eigenvalue weighted by Gasteiger charge is -2.35. The first kappa shape index (κ1) is 30.2. The maximum absolute atomic E-state index is 14.3. The molecule has 6 nitrogen and oxygen atoms in total. The molecule has 0 bridgehead atoms. The highest BCUT2D eigenvalue weighted by molar-refractivity contribution is 6.76. The molecular weight excluding hydrogens is 545 g/mol. The van der Waals surface area contributed by atoms with Crippen LogP contribution in [0, 0.1) is 18.7 Å². The number of benzene rings is 2. The predicted octanol–water partition coefficient (Wildman–Crippen LogP) is 6.73. The van der Waals surface area contributed by atoms with Crippen LogP contribution in [-0.2, 0) is 11.5 Å². The lowest BCUT2D eigenvalue weighted by molar-refractivity contribution is 0.0648. The van der Waals surface area contributed by atoms with E-state index in [0.29, 0.717) is 23.7 Å². The summed E-state index contributed by atoms with van der Waals surface area (Å²) in [5.41, 5.74) is 1.84. The average Bonchev–Trinajstić information content (AvgIpc) is 3.39. The van der Waals surface area contributed by atoms with Crippen molar-refractivity contribution in [2.75, 3.05) is 13.2 Å². The molecule has 40 heavy (non-hydrogen) atoms. The average molecular weight is 584 g/mol. The molecular formula is C31H39ClFN3O3Si. The third kappa shape index (κ3) is 7.27. The van der Waals surface area contributed by atoms with E-state index in [1.54, 1.807) is 34.8 Å². The van der Waals surface area contributed by atoms with Gasteiger partial charge in [-0.2, -0.15) is 5.10 Å². The number of amides is 1. The summed E-state index contributed by atoms with van der Waals surface area (Å²) in [6, 6.07) is 15.1. The Bertz CT molecular complexity index is 1390. The van der Waals surface area contributed by atoms with Crippen molar-refractivity contribution in [1.29, 1.82) is 0 Å². The van der Waals surface area contributed by atoms with E-state index in [9.17, 15) is 14.0 Å². The Labute approximate surface area is 242 Å². The van der Waals surface area contributed by atoms with Gasteiger partial charge < -0.3 is 9.64 Å². The summed E-state index contributed by atoms with van der Waals surface area (Å²) in [5.74, 6) is -0.910. The molecule has 0 saturated carbocycles. The van der Waals surface area contributed by atoms with Crippen LogP contribution in [0.1, 0.15) is 52.9 Å². The first-order valence-electron chi connectivity index (χ1n) is 13.9. The number of aryl methyl sites for hydroxylation is 1. The van der Waals surface area contributed by atoms with E-state index >= 15 is 0 Å². The zero-order valence-corrected chi connectivity index (χ0v) is 25.7. The first-order chi connectivity index (χ1) is 18.9. The number of rotatable bonds is 10. The minimum absolute atomic E-state index is 0.0636. The van der Waals surface area contributed by atoms with Crippen LogP contribution in [0.15, 0.2) is 59.5 Å². The molecule has 0 spiro atoms. The quantitative estimate of drug-likeness (QED) is 0.196. The van der Waals surface area contributed by atoms with E-state index in [-0.39, 0.29) is 47.5 Å². The molecule has 2 heterocycles. The third-order valence-electron chi connectivity index (χ3n) is 7.70. The summed E-state index contributed by atoms with van der Waals surface area (Å²) in [7, 11) is -1.24. The van der Waals surface area contributed by atoms with Crippen LogP contribution in [0.2, 0.25) is 30.7 Å². The molecule has 0 unspecified atom stereocenters. The lowest BCUT2D eigenvalue weighted by Crippen LogP contribution is -2.44. The highest BCUT2D eigenvalue weighted by Crippen LogP contribution is 2.39. The van der Waals surface area contributed by atoms with Crippen molar-refractivity contribution in [3.05, 3.63) is 98.2 Å². The van der Waals surface area contributed by atoms with Gasteiger partial charge in [0.05, 0.1) is 0 Å². The number of likely N-dealkylation sites (tertiary alicyclic amines) is 1. The molecule has 1 aromatic heterocycles. The van der Waals surface area contributed by atoms with Crippen molar-refractivity contribution in [2.24, 2.45) is 5.92 Å². The molecule has 0 N–H and O–H groups in total. The van der Waals surface area contributed by atoms with Crippen LogP contribution < -0.4 is 5.43 Å². The minimum Gasteiger partial charge on any atom is -0.360 e. The Kier molecular flexibility index (Phi) is 9.64. The van der Waals surface area contributed by atoms with Crippen molar-refractivity contribution in [3.8, 4) is 0 Å². The largest absolute Gasteiger partial charge is 0.360 e. The van der Waals surface area contributed by atoms with Gasteiger partial charge in [0.2, 0.25) is 5.43 Å². The molecule has 1 aliphatic heterocycles. The molecule has 3 aromatic rings. The molecule has 0 radical (unpaired) electrons. The fraction of sp³-hybridized carbons (Fsp3) is 0.452. The smallest absolute Gasteiger partial charge is 0.278 e. The number of ether oxygens (including phenoxy) is 1. The molecule has 0 aliphatic carbocycles. The van der Waals surface area contributed by atoms with Gasteiger partial charge in [-0.3, -0.25) is 9.59 Å². The Hall–Kier alpha value is -2.81. The normalized spacial score (nSPS) is 17.2. The Morgan fingerprint density at radius 3 is 2.58 bits per heavy atom. The van der Waals surface area contributed by atoms with E-state index in [1.165, 1.54) is 6.07 Å². The van der Waals surface area contributed by atoms with Gasteiger partial charge in [-0.05, 0) is 67.1 Å². The molecule has 1 aliphatic rings. The standard InChI is InChI=1S/C31H39ClFN3O3Si/c1-21-19-35(20-39-16-17-40(3,4)5)34-29(30(21)37)31(38)36-15-7-10-27(36)22(2)28(23-11-13-25(32)14-12-23)24-8-6-9-26(33)18-24/h6,8-9,11-14,18-19,22,27-28H,7,10,15-17,20H2,1-5H3/t22-,27+,28-/m0/s1. The zero-order chi connectivity index (χ0) is 29.0. The number of halogens is 2. The fourth-order valence-electron chi connectivity index (χ4n) is 5.53. The van der Waals surface area contributed by atoms with Crippen LogP contribution >= 0.6 is 11.6 Å². The second kappa shape index (κ2) is 12.8. The summed E-state index contributed by atoms with van der Waals surface area (Å²) in [5, 5.41) is 5.05. The molecule has 214 valence electrons. The Morgan fingerprint density at radius 1 is 1.18 bits per heavy atom. The molecule has 9 heteroatoms. The van der Waals surface area contributed by atoms with Gasteiger partial charge in [-0.15, -0.1) is 0 Å². The van der Waals surface area contributed by atoms with Crippen molar-refractivity contribution in [1.82, 2.24) is 14.7 Å². The van der Waals surface area contributed by atoms with E-state index in [2.05, 4.69) is 31.7 Å². The van der Waals surface area contributed by atoms with E-state index in [0.717, 1.165) is 30.0 Å². The van der Waals surface area contributed by atoms with E-state index in [1.807, 2.05) is 30.3 Å². The Balaban J connectivity index is 1.61. The van der Waals surface area contributed by atoms with Crippen LogP contribution in [0.5, 0.6) is 0 Å². The molecule has 3 atom stereocenters. The van der Waals surface area contributed by atoms with Gasteiger partial charge in [0.1, 0.15) is 12.5 Å². The molecule has 2 aromatic carbocycles. The third-order valence-corrected chi connectivity index (χ3v) is 9.65. The molecule has 1 fully saturated rings. The van der Waals surface area contributed by atoms with Crippen molar-refractivity contribution in [3.63, 3.8) is 0 Å². The number of aromatic nitrogens is 2. The topological polar surface area (TPSA) is 64.4 Å². The summed E-state index contributed by atoms with van der Waals surface area (Å²) < 4.78 is 21.7. The van der Waals surface area contributed by atoms with E-state index < -0.39 is 8.07 Å². The van der Waals surface area contributed by atoms with Crippen LogP contribution in [0.3, 0.4) is 0 Å². The van der Waals surface area contributed by atoms with Crippen LogP contribution in [0.25, 0.3) is 0 Å². The summed E-state index contributed by atoms with van der Waals surface area (Å²) in [6.07, 6.45) is 3.24. The second-order valence-electron chi connectivity index (χ2n) is 12.0. The van der Waals surface area contributed by atoms with Gasteiger partial charge in [0.25, 0.3) is 5.91 Å². The summed E-state index contributed by atoms with van der Waals surface area (Å²) >= 11 is 6.17. The second-order valence-corrected chi connectivity index (χ2v) is 18.1. The number of nitrogens with zero attached hydrogens (tertiary/aromatic N) is 3. The minimum atomic E-state index is -1.24. The van der Waals surface area contributed by atoms with Gasteiger partial charge in [-0.25, -0.2) is 9.07 Å². The molecule has 1 amide bonds. The van der Waals surface area contributed by atoms with Crippen LogP contribution in [0.4, 0.5) is 4.39 Å². The SMILES string of the molecule is Cc1cn(COCC[Si](C)(C)C)nc(C(=O)N2CCC[C@@H]2[C@H](C)[C@@H](c2ccc(Cl)cc2)c2cccc(F)c2)c1=O. The van der Waals surface area contributed by atoms with Gasteiger partial charge in [0, 0.05) is 50.0 Å². The monoisotopic (exact) mass is 583 g/mol. The van der Waals surface area contributed by atoms with Crippen molar-refractivity contribution < 1.29 is 13.9 Å². The fourth-order valence-corrected chi connectivity index (χ4v) is 6.42. The van der Waals surface area contributed by atoms with Gasteiger partial charge >= 0.3 is 0 Å². The highest BCUT2D eigenvalue weighted by Gasteiger charge is 2.39. The maximum atomic E-state index is 14.3. The van der Waals surface area contributed by atoms with Gasteiger partial charge in [0.15, 0.2) is 5.69 Å². The summed E-state index contributed by atoms with van der Waals surface area (Å²) in [6.45, 7) is 12.0. The van der Waals surface area contributed by atoms with Crippen LogP contribution in [-0.4, -0.2) is 47.9 Å². The number of carbonyl (C=O) groups excluding carboxylic acids is 1. The predicted molar refractivity (Wildman–Crippen MR) is 160 cm³/mol. The highest BCUT2D eigenvalue weighted by atomic mass is 35.5. The van der Waals surface area contributed by atoms with Crippen molar-refractivity contribution >= 4 is 25.6 Å². The maximum Gasteiger partial charge on any atom is 0.278 e. The number of carbonyl (C=O) groups is 1. The summed E-state index contributed by atoms with van der Waals surface area (Å²) in [4.78, 5) is 28.8. The first-order valence-corrected chi connectivity index (χ1v) is 18.0. The van der Waals surface area contributed by atoms with E-state index in [4.69, 9.17) is 16.3 Å². The molecule has 4 rings (SSSR count). The number of hydrogen-bond acceptors (Lipinski definition) is 4. The number of hydrogen-bond donors (Lipinski definition) is 0. The lowest BCUT2D eigenvalue weighted by atomic mass is 9.77.